The Morgan fingerprint density at radius 1 is 1.33 bits per heavy atom. The van der Waals surface area contributed by atoms with Gasteiger partial charge >= 0.3 is 0 Å². The van der Waals surface area contributed by atoms with Crippen LogP contribution in [0.1, 0.15) is 31.2 Å². The van der Waals surface area contributed by atoms with Gasteiger partial charge in [0.15, 0.2) is 0 Å². The zero-order valence-electron chi connectivity index (χ0n) is 10.8. The predicted octanol–water partition coefficient (Wildman–Crippen LogP) is 2.65. The van der Waals surface area contributed by atoms with Crippen LogP contribution in [0.3, 0.4) is 0 Å². The molecule has 0 aliphatic heterocycles. The summed E-state index contributed by atoms with van der Waals surface area (Å²) in [5.41, 5.74) is 8.67. The van der Waals surface area contributed by atoms with Gasteiger partial charge in [-0.15, -0.1) is 0 Å². The van der Waals surface area contributed by atoms with Crippen molar-refractivity contribution >= 4 is 10.9 Å². The molecule has 1 aliphatic carbocycles. The van der Waals surface area contributed by atoms with Crippen molar-refractivity contribution in [1.82, 2.24) is 4.57 Å². The maximum absolute atomic E-state index is 9.61. The third-order valence-corrected chi connectivity index (χ3v) is 4.50. The molecule has 1 heterocycles. The number of nitrogens with two attached hydrogens (primary N) is 1. The smallest absolute Gasteiger partial charge is 0.117 e. The van der Waals surface area contributed by atoms with Crippen LogP contribution in [0.5, 0.6) is 5.75 Å². The van der Waals surface area contributed by atoms with Gasteiger partial charge in [0.2, 0.25) is 0 Å². The van der Waals surface area contributed by atoms with Crippen LogP contribution in [0.15, 0.2) is 24.4 Å². The average molecular weight is 244 g/mol. The molecular formula is C15H20N2O. The second kappa shape index (κ2) is 4.02. The fourth-order valence-electron chi connectivity index (χ4n) is 3.43. The lowest BCUT2D eigenvalue weighted by molar-refractivity contribution is 0.456. The van der Waals surface area contributed by atoms with E-state index >= 15 is 0 Å². The predicted molar refractivity (Wildman–Crippen MR) is 73.8 cm³/mol. The summed E-state index contributed by atoms with van der Waals surface area (Å²) >= 11 is 0. The van der Waals surface area contributed by atoms with E-state index in [1.165, 1.54) is 36.6 Å². The topological polar surface area (TPSA) is 51.2 Å². The van der Waals surface area contributed by atoms with E-state index in [4.69, 9.17) is 5.73 Å². The molecule has 0 saturated heterocycles. The molecule has 1 aromatic carbocycles. The highest BCUT2D eigenvalue weighted by Gasteiger charge is 2.36. The molecule has 3 heteroatoms. The minimum absolute atomic E-state index is 0.149. The minimum Gasteiger partial charge on any atom is -0.508 e. The Morgan fingerprint density at radius 3 is 2.72 bits per heavy atom. The Labute approximate surface area is 107 Å². The van der Waals surface area contributed by atoms with Gasteiger partial charge in [0.25, 0.3) is 0 Å². The second-order valence-electron chi connectivity index (χ2n) is 5.55. The summed E-state index contributed by atoms with van der Waals surface area (Å²) in [7, 11) is 2.03. The zero-order valence-corrected chi connectivity index (χ0v) is 10.8. The molecule has 1 aliphatic rings. The Morgan fingerprint density at radius 2 is 2.06 bits per heavy atom. The molecule has 1 saturated carbocycles. The summed E-state index contributed by atoms with van der Waals surface area (Å²) in [5, 5.41) is 10.9. The van der Waals surface area contributed by atoms with Crippen molar-refractivity contribution in [2.24, 2.45) is 12.8 Å². The molecular weight excluding hydrogens is 224 g/mol. The number of benzene rings is 1. The van der Waals surface area contributed by atoms with Gasteiger partial charge in [-0.25, -0.2) is 0 Å². The van der Waals surface area contributed by atoms with Crippen molar-refractivity contribution in [1.29, 1.82) is 0 Å². The lowest BCUT2D eigenvalue weighted by Crippen LogP contribution is -2.31. The first kappa shape index (κ1) is 11.6. The molecule has 96 valence electrons. The number of aromatic nitrogens is 1. The maximum atomic E-state index is 9.61. The molecule has 1 fully saturated rings. The Balaban J connectivity index is 2.23. The Hall–Kier alpha value is -1.48. The van der Waals surface area contributed by atoms with E-state index in [1.54, 1.807) is 6.07 Å². The summed E-state index contributed by atoms with van der Waals surface area (Å²) in [6.45, 7) is 0.715. The second-order valence-corrected chi connectivity index (χ2v) is 5.55. The van der Waals surface area contributed by atoms with E-state index < -0.39 is 0 Å². The lowest BCUT2D eigenvalue weighted by Gasteiger charge is -2.27. The van der Waals surface area contributed by atoms with Gasteiger partial charge in [-0.2, -0.15) is 0 Å². The molecule has 0 bridgehead atoms. The minimum atomic E-state index is 0.149. The van der Waals surface area contributed by atoms with E-state index in [-0.39, 0.29) is 5.41 Å². The van der Waals surface area contributed by atoms with Crippen molar-refractivity contribution in [3.63, 3.8) is 0 Å². The molecule has 0 spiro atoms. The molecule has 0 unspecified atom stereocenters. The van der Waals surface area contributed by atoms with Crippen LogP contribution in [0.4, 0.5) is 0 Å². The van der Waals surface area contributed by atoms with E-state index in [1.807, 2.05) is 19.2 Å². The number of nitrogens with zero attached hydrogens (tertiary/aromatic N) is 1. The van der Waals surface area contributed by atoms with Gasteiger partial charge in [0, 0.05) is 36.7 Å². The van der Waals surface area contributed by atoms with Gasteiger partial charge in [0.1, 0.15) is 5.75 Å². The van der Waals surface area contributed by atoms with Gasteiger partial charge < -0.3 is 15.4 Å². The summed E-state index contributed by atoms with van der Waals surface area (Å²) in [5.74, 6) is 0.323. The molecule has 3 nitrogen and oxygen atoms in total. The molecule has 0 radical (unpaired) electrons. The van der Waals surface area contributed by atoms with Crippen molar-refractivity contribution in [2.45, 2.75) is 31.1 Å². The van der Waals surface area contributed by atoms with E-state index in [0.717, 1.165) is 5.52 Å². The number of phenolic OH excluding ortho intramolecular Hbond substituents is 1. The summed E-state index contributed by atoms with van der Waals surface area (Å²) in [6, 6.07) is 5.62. The van der Waals surface area contributed by atoms with Crippen molar-refractivity contribution in [3.8, 4) is 5.75 Å². The highest BCUT2D eigenvalue weighted by atomic mass is 16.3. The molecule has 3 rings (SSSR count). The number of hydrogen-bond donors (Lipinski definition) is 2. The van der Waals surface area contributed by atoms with Crippen LogP contribution in [-0.2, 0) is 12.5 Å². The highest BCUT2D eigenvalue weighted by molar-refractivity contribution is 5.86. The van der Waals surface area contributed by atoms with Crippen LogP contribution in [0.2, 0.25) is 0 Å². The zero-order chi connectivity index (χ0) is 12.8. The number of aryl methyl sites for hydroxylation is 1. The lowest BCUT2D eigenvalue weighted by atomic mass is 9.79. The van der Waals surface area contributed by atoms with Crippen molar-refractivity contribution in [2.75, 3.05) is 6.54 Å². The van der Waals surface area contributed by atoms with Crippen LogP contribution in [0.25, 0.3) is 10.9 Å². The van der Waals surface area contributed by atoms with Crippen LogP contribution in [0, 0.1) is 0 Å². The van der Waals surface area contributed by atoms with Crippen LogP contribution < -0.4 is 5.73 Å². The number of fused-ring (bicyclic) bond motifs is 1. The first-order valence-corrected chi connectivity index (χ1v) is 6.65. The molecule has 3 N–H and O–H groups in total. The fraction of sp³-hybridized carbons (Fsp3) is 0.467. The number of rotatable bonds is 2. The fourth-order valence-corrected chi connectivity index (χ4v) is 3.43. The molecule has 1 aromatic heterocycles. The summed E-state index contributed by atoms with van der Waals surface area (Å²) < 4.78 is 2.10. The Bertz CT molecular complexity index is 579. The molecule has 0 amide bonds. The summed E-state index contributed by atoms with van der Waals surface area (Å²) in [4.78, 5) is 0. The van der Waals surface area contributed by atoms with E-state index in [2.05, 4.69) is 10.8 Å². The average Bonchev–Trinajstić information content (AvgIpc) is 2.96. The first-order valence-electron chi connectivity index (χ1n) is 6.65. The van der Waals surface area contributed by atoms with Crippen LogP contribution >= 0.6 is 0 Å². The monoisotopic (exact) mass is 244 g/mol. The van der Waals surface area contributed by atoms with Gasteiger partial charge in [-0.3, -0.25) is 0 Å². The van der Waals surface area contributed by atoms with Crippen LogP contribution in [-0.4, -0.2) is 16.2 Å². The number of phenols is 1. The van der Waals surface area contributed by atoms with Gasteiger partial charge in [-0.1, -0.05) is 12.8 Å². The normalized spacial score (nSPS) is 18.6. The van der Waals surface area contributed by atoms with Crippen molar-refractivity contribution < 1.29 is 5.11 Å². The summed E-state index contributed by atoms with van der Waals surface area (Å²) in [6.07, 6.45) is 7.10. The third-order valence-electron chi connectivity index (χ3n) is 4.50. The quantitative estimate of drug-likeness (QED) is 0.853. The van der Waals surface area contributed by atoms with Gasteiger partial charge in [-0.05, 0) is 30.5 Å². The maximum Gasteiger partial charge on any atom is 0.117 e. The number of hydrogen-bond acceptors (Lipinski definition) is 2. The van der Waals surface area contributed by atoms with Crippen molar-refractivity contribution in [3.05, 3.63) is 30.0 Å². The van der Waals surface area contributed by atoms with E-state index in [0.29, 0.717) is 12.3 Å². The standard InChI is InChI=1S/C15H20N2O/c1-17-9-13(15(10-16)6-2-3-7-15)12-5-4-11(18)8-14(12)17/h4-5,8-9,18H,2-3,6-7,10,16H2,1H3. The number of aromatic hydroxyl groups is 1. The van der Waals surface area contributed by atoms with E-state index in [9.17, 15) is 5.11 Å². The highest BCUT2D eigenvalue weighted by Crippen LogP contribution is 2.43. The first-order chi connectivity index (χ1) is 8.66. The third kappa shape index (κ3) is 1.54. The Kier molecular flexibility index (Phi) is 2.59. The van der Waals surface area contributed by atoms with Gasteiger partial charge in [0.05, 0.1) is 5.52 Å². The molecule has 0 atom stereocenters. The molecule has 18 heavy (non-hydrogen) atoms. The molecule has 2 aromatic rings. The SMILES string of the molecule is Cn1cc(C2(CN)CCCC2)c2ccc(O)cc21. The largest absolute Gasteiger partial charge is 0.508 e.